The molecule has 2 nitrogen and oxygen atoms in total. The van der Waals surface area contributed by atoms with Crippen molar-refractivity contribution in [3.8, 4) is 0 Å². The van der Waals surface area contributed by atoms with Gasteiger partial charge in [-0.25, -0.2) is 0 Å². The third-order valence-electron chi connectivity index (χ3n) is 3.48. The number of hydrogen-bond acceptors (Lipinski definition) is 2. The molecule has 0 aliphatic rings. The van der Waals surface area contributed by atoms with Gasteiger partial charge in [0.15, 0.2) is 0 Å². The van der Waals surface area contributed by atoms with Gasteiger partial charge in [0.1, 0.15) is 0 Å². The second kappa shape index (κ2) is 7.66. The number of hydrogen-bond donors (Lipinski definition) is 1. The van der Waals surface area contributed by atoms with Crippen LogP contribution in [0, 0.1) is 26.7 Å². The first-order valence-electron chi connectivity index (χ1n) is 7.33. The summed E-state index contributed by atoms with van der Waals surface area (Å²) in [6.07, 6.45) is 2.34. The summed E-state index contributed by atoms with van der Waals surface area (Å²) in [6, 6.07) is 4.38. The Hall–Kier alpha value is -0.860. The van der Waals surface area contributed by atoms with Gasteiger partial charge in [-0.2, -0.15) is 0 Å². The maximum Gasteiger partial charge on any atom is 0.0659 e. The summed E-state index contributed by atoms with van der Waals surface area (Å²) in [5.74, 6) is 0.749. The monoisotopic (exact) mass is 263 g/mol. The molecule has 0 saturated carbocycles. The Morgan fingerprint density at radius 1 is 1.11 bits per heavy atom. The van der Waals surface area contributed by atoms with Crippen molar-refractivity contribution in [2.75, 3.05) is 13.2 Å². The summed E-state index contributed by atoms with van der Waals surface area (Å²) in [5, 5.41) is 0. The third kappa shape index (κ3) is 5.33. The van der Waals surface area contributed by atoms with Gasteiger partial charge < -0.3 is 10.5 Å². The van der Waals surface area contributed by atoms with E-state index in [0.29, 0.717) is 6.61 Å². The molecule has 0 heterocycles. The molecule has 19 heavy (non-hydrogen) atoms. The van der Waals surface area contributed by atoms with Gasteiger partial charge in [0, 0.05) is 6.61 Å². The van der Waals surface area contributed by atoms with E-state index in [-0.39, 0.29) is 6.04 Å². The molecule has 1 rings (SSSR count). The average molecular weight is 263 g/mol. The lowest BCUT2D eigenvalue weighted by Gasteiger charge is -2.18. The van der Waals surface area contributed by atoms with Crippen LogP contribution in [0.5, 0.6) is 0 Å². The van der Waals surface area contributed by atoms with Gasteiger partial charge in [0.2, 0.25) is 0 Å². The molecular formula is C17H29NO. The van der Waals surface area contributed by atoms with E-state index in [9.17, 15) is 0 Å². The smallest absolute Gasteiger partial charge is 0.0659 e. The summed E-state index contributed by atoms with van der Waals surface area (Å²) in [4.78, 5) is 0. The molecule has 108 valence electrons. The highest BCUT2D eigenvalue weighted by Crippen LogP contribution is 2.22. The van der Waals surface area contributed by atoms with E-state index >= 15 is 0 Å². The van der Waals surface area contributed by atoms with Crippen molar-refractivity contribution in [1.29, 1.82) is 0 Å². The van der Waals surface area contributed by atoms with Crippen molar-refractivity contribution in [3.05, 3.63) is 34.4 Å². The minimum atomic E-state index is -0.0142. The SMILES string of the molecule is Cc1cc(C)c(C(N)COCCCC(C)C)c(C)c1. The van der Waals surface area contributed by atoms with E-state index in [2.05, 4.69) is 46.8 Å². The zero-order valence-corrected chi connectivity index (χ0v) is 13.1. The Morgan fingerprint density at radius 2 is 1.68 bits per heavy atom. The second-order valence-corrected chi connectivity index (χ2v) is 6.03. The molecule has 0 aliphatic heterocycles. The summed E-state index contributed by atoms with van der Waals surface area (Å²) in [5.41, 5.74) is 11.4. The highest BCUT2D eigenvalue weighted by Gasteiger charge is 2.12. The van der Waals surface area contributed by atoms with Crippen molar-refractivity contribution in [2.45, 2.75) is 53.5 Å². The van der Waals surface area contributed by atoms with Crippen LogP contribution in [0.3, 0.4) is 0 Å². The molecule has 0 aliphatic carbocycles. The number of benzene rings is 1. The molecule has 2 N–H and O–H groups in total. The van der Waals surface area contributed by atoms with Crippen LogP contribution in [0.15, 0.2) is 12.1 Å². The zero-order chi connectivity index (χ0) is 14.4. The number of ether oxygens (including phenoxy) is 1. The van der Waals surface area contributed by atoms with Crippen LogP contribution in [-0.4, -0.2) is 13.2 Å². The van der Waals surface area contributed by atoms with E-state index in [1.165, 1.54) is 28.7 Å². The molecule has 0 fully saturated rings. The van der Waals surface area contributed by atoms with Crippen LogP contribution in [0.25, 0.3) is 0 Å². The van der Waals surface area contributed by atoms with Gasteiger partial charge in [-0.3, -0.25) is 0 Å². The molecule has 0 amide bonds. The Balaban J connectivity index is 2.48. The second-order valence-electron chi connectivity index (χ2n) is 6.03. The molecule has 0 radical (unpaired) electrons. The van der Waals surface area contributed by atoms with E-state index in [1.54, 1.807) is 0 Å². The highest BCUT2D eigenvalue weighted by molar-refractivity contribution is 5.39. The Morgan fingerprint density at radius 3 is 2.21 bits per heavy atom. The molecule has 0 spiro atoms. The molecule has 1 unspecified atom stereocenters. The topological polar surface area (TPSA) is 35.2 Å². The average Bonchev–Trinajstić information content (AvgIpc) is 2.26. The molecule has 0 aromatic heterocycles. The van der Waals surface area contributed by atoms with E-state index < -0.39 is 0 Å². The molecule has 2 heteroatoms. The van der Waals surface area contributed by atoms with Crippen molar-refractivity contribution in [1.82, 2.24) is 0 Å². The van der Waals surface area contributed by atoms with Crippen molar-refractivity contribution < 1.29 is 4.74 Å². The summed E-state index contributed by atoms with van der Waals surface area (Å²) >= 11 is 0. The van der Waals surface area contributed by atoms with Crippen LogP contribution in [0.2, 0.25) is 0 Å². The fraction of sp³-hybridized carbons (Fsp3) is 0.647. The van der Waals surface area contributed by atoms with Gasteiger partial charge >= 0.3 is 0 Å². The van der Waals surface area contributed by atoms with Gasteiger partial charge in [-0.05, 0) is 56.2 Å². The first-order chi connectivity index (χ1) is 8.91. The lowest BCUT2D eigenvalue weighted by molar-refractivity contribution is 0.115. The van der Waals surface area contributed by atoms with Gasteiger partial charge in [-0.1, -0.05) is 31.5 Å². The van der Waals surface area contributed by atoms with Crippen LogP contribution in [-0.2, 0) is 4.74 Å². The number of nitrogens with two attached hydrogens (primary N) is 1. The minimum absolute atomic E-state index is 0.0142. The zero-order valence-electron chi connectivity index (χ0n) is 13.1. The lowest BCUT2D eigenvalue weighted by Crippen LogP contribution is -2.20. The van der Waals surface area contributed by atoms with Crippen LogP contribution < -0.4 is 5.73 Å². The van der Waals surface area contributed by atoms with Crippen LogP contribution >= 0.6 is 0 Å². The molecule has 0 bridgehead atoms. The van der Waals surface area contributed by atoms with Crippen molar-refractivity contribution in [3.63, 3.8) is 0 Å². The van der Waals surface area contributed by atoms with Crippen molar-refractivity contribution >= 4 is 0 Å². The Bertz CT molecular complexity index is 375. The Kier molecular flexibility index (Phi) is 6.53. The fourth-order valence-corrected chi connectivity index (χ4v) is 2.66. The maximum atomic E-state index is 6.26. The molecular weight excluding hydrogens is 234 g/mol. The van der Waals surface area contributed by atoms with E-state index in [4.69, 9.17) is 10.5 Å². The largest absolute Gasteiger partial charge is 0.379 e. The fourth-order valence-electron chi connectivity index (χ4n) is 2.66. The van der Waals surface area contributed by atoms with Gasteiger partial charge in [0.25, 0.3) is 0 Å². The van der Waals surface area contributed by atoms with Gasteiger partial charge in [0.05, 0.1) is 12.6 Å². The maximum absolute atomic E-state index is 6.26. The predicted octanol–water partition coefficient (Wildman–Crippen LogP) is 4.06. The van der Waals surface area contributed by atoms with E-state index in [0.717, 1.165) is 18.9 Å². The first-order valence-corrected chi connectivity index (χ1v) is 7.33. The van der Waals surface area contributed by atoms with Crippen LogP contribution in [0.1, 0.15) is 55.0 Å². The number of rotatable bonds is 7. The Labute approximate surface area is 118 Å². The molecule has 0 saturated heterocycles. The van der Waals surface area contributed by atoms with Crippen molar-refractivity contribution in [2.24, 2.45) is 11.7 Å². The van der Waals surface area contributed by atoms with E-state index in [1.807, 2.05) is 0 Å². The quantitative estimate of drug-likeness (QED) is 0.753. The molecule has 1 aromatic rings. The first kappa shape index (κ1) is 16.2. The number of aryl methyl sites for hydroxylation is 3. The standard InChI is InChI=1S/C17H29NO/c1-12(2)7-6-8-19-11-16(18)17-14(4)9-13(3)10-15(17)5/h9-10,12,16H,6-8,11,18H2,1-5H3. The summed E-state index contributed by atoms with van der Waals surface area (Å²) < 4.78 is 5.72. The van der Waals surface area contributed by atoms with Gasteiger partial charge in [-0.15, -0.1) is 0 Å². The molecule has 1 aromatic carbocycles. The highest BCUT2D eigenvalue weighted by atomic mass is 16.5. The third-order valence-corrected chi connectivity index (χ3v) is 3.48. The normalized spacial score (nSPS) is 13.0. The summed E-state index contributed by atoms with van der Waals surface area (Å²) in [7, 11) is 0. The van der Waals surface area contributed by atoms with Crippen LogP contribution in [0.4, 0.5) is 0 Å². The summed E-state index contributed by atoms with van der Waals surface area (Å²) in [6.45, 7) is 12.3. The molecule has 1 atom stereocenters. The minimum Gasteiger partial charge on any atom is -0.379 e. The lowest BCUT2D eigenvalue weighted by atomic mass is 9.95. The predicted molar refractivity (Wildman–Crippen MR) is 82.5 cm³/mol.